The van der Waals surface area contributed by atoms with Crippen molar-refractivity contribution in [3.05, 3.63) is 0 Å². The Morgan fingerprint density at radius 2 is 2.45 bits per heavy atom. The fourth-order valence-electron chi connectivity index (χ4n) is 1.07. The van der Waals surface area contributed by atoms with Crippen LogP contribution in [-0.4, -0.2) is 39.5 Å². The van der Waals surface area contributed by atoms with Crippen LogP contribution in [0.25, 0.3) is 0 Å². The summed E-state index contributed by atoms with van der Waals surface area (Å²) >= 11 is 0. The average molecular weight is 182 g/mol. The minimum absolute atomic E-state index is 0. The number of halogens is 1. The first-order valence-corrected chi connectivity index (χ1v) is 3.73. The highest BCUT2D eigenvalue weighted by molar-refractivity contribution is 5.85. The first kappa shape index (κ1) is 11.2. The van der Waals surface area contributed by atoms with E-state index in [1.165, 1.54) is 0 Å². The third-order valence-corrected chi connectivity index (χ3v) is 1.67. The van der Waals surface area contributed by atoms with Crippen molar-refractivity contribution in [3.8, 4) is 0 Å². The summed E-state index contributed by atoms with van der Waals surface area (Å²) in [4.78, 5) is 0. The summed E-state index contributed by atoms with van der Waals surface area (Å²) in [6.45, 7) is 3.49. The van der Waals surface area contributed by atoms with Gasteiger partial charge in [0.1, 0.15) is 0 Å². The molecule has 0 amide bonds. The summed E-state index contributed by atoms with van der Waals surface area (Å²) in [6.07, 6.45) is 1.05. The van der Waals surface area contributed by atoms with Gasteiger partial charge in [0.2, 0.25) is 0 Å². The third kappa shape index (κ3) is 4.58. The molecule has 11 heavy (non-hydrogen) atoms. The van der Waals surface area contributed by atoms with Crippen LogP contribution in [0.5, 0.6) is 0 Å². The highest BCUT2D eigenvalue weighted by Gasteiger charge is 2.11. The molecule has 1 atom stereocenters. The van der Waals surface area contributed by atoms with Gasteiger partial charge in [-0.05, 0) is 6.42 Å². The van der Waals surface area contributed by atoms with Crippen LogP contribution in [0.15, 0.2) is 0 Å². The first-order chi connectivity index (χ1) is 4.93. The molecule has 4 heteroatoms. The predicted molar refractivity (Wildman–Crippen MR) is 46.4 cm³/mol. The summed E-state index contributed by atoms with van der Waals surface area (Å²) in [5, 5.41) is 3.35. The van der Waals surface area contributed by atoms with Crippen LogP contribution in [0.3, 0.4) is 0 Å². The van der Waals surface area contributed by atoms with E-state index >= 15 is 0 Å². The summed E-state index contributed by atoms with van der Waals surface area (Å²) < 4.78 is 10.2. The van der Waals surface area contributed by atoms with Gasteiger partial charge in [-0.15, -0.1) is 12.4 Å². The Morgan fingerprint density at radius 3 is 3.00 bits per heavy atom. The summed E-state index contributed by atoms with van der Waals surface area (Å²) in [7, 11) is 1.73. The van der Waals surface area contributed by atoms with Gasteiger partial charge in [-0.2, -0.15) is 0 Å². The van der Waals surface area contributed by atoms with Gasteiger partial charge in [-0.1, -0.05) is 0 Å². The molecule has 0 saturated carbocycles. The van der Waals surface area contributed by atoms with Crippen molar-refractivity contribution >= 4 is 12.4 Å². The molecule has 0 aromatic rings. The van der Waals surface area contributed by atoms with E-state index in [0.29, 0.717) is 6.04 Å². The van der Waals surface area contributed by atoms with Crippen LogP contribution in [0.1, 0.15) is 6.42 Å². The Hall–Kier alpha value is 0.170. The predicted octanol–water partition coefficient (Wildman–Crippen LogP) is 0.433. The van der Waals surface area contributed by atoms with Gasteiger partial charge in [-0.3, -0.25) is 0 Å². The SMILES string of the molecule is COCC[C@@H]1COCCN1.Cl. The molecule has 0 bridgehead atoms. The number of hydrogen-bond acceptors (Lipinski definition) is 3. The maximum Gasteiger partial charge on any atom is 0.0621 e. The van der Waals surface area contributed by atoms with Crippen LogP contribution >= 0.6 is 12.4 Å². The van der Waals surface area contributed by atoms with E-state index in [1.807, 2.05) is 0 Å². The van der Waals surface area contributed by atoms with E-state index < -0.39 is 0 Å². The molecule has 0 aromatic heterocycles. The lowest BCUT2D eigenvalue weighted by molar-refractivity contribution is 0.0631. The number of rotatable bonds is 3. The van der Waals surface area contributed by atoms with Gasteiger partial charge in [0.25, 0.3) is 0 Å². The second-order valence-electron chi connectivity index (χ2n) is 2.51. The minimum Gasteiger partial charge on any atom is -0.385 e. The van der Waals surface area contributed by atoms with Crippen LogP contribution in [0, 0.1) is 0 Å². The van der Waals surface area contributed by atoms with Gasteiger partial charge in [0.05, 0.1) is 13.2 Å². The number of methoxy groups -OCH3 is 1. The third-order valence-electron chi connectivity index (χ3n) is 1.67. The molecule has 1 fully saturated rings. The lowest BCUT2D eigenvalue weighted by Gasteiger charge is -2.23. The molecule has 0 radical (unpaired) electrons. The molecule has 3 nitrogen and oxygen atoms in total. The smallest absolute Gasteiger partial charge is 0.0621 e. The Balaban J connectivity index is 0.000001000. The number of morpholine rings is 1. The van der Waals surface area contributed by atoms with Gasteiger partial charge in [-0.25, -0.2) is 0 Å². The monoisotopic (exact) mass is 181 g/mol. The van der Waals surface area contributed by atoms with Gasteiger partial charge >= 0.3 is 0 Å². The fraction of sp³-hybridized carbons (Fsp3) is 1.00. The first-order valence-electron chi connectivity index (χ1n) is 3.73. The zero-order valence-corrected chi connectivity index (χ0v) is 7.65. The standard InChI is InChI=1S/C7H15NO2.ClH/c1-9-4-2-7-6-10-5-3-8-7;/h7-8H,2-6H2,1H3;1H/t7-;/m1./s1. The average Bonchev–Trinajstić information content (AvgIpc) is 2.03. The molecule has 0 spiro atoms. The maximum absolute atomic E-state index is 5.26. The largest absolute Gasteiger partial charge is 0.385 e. The van der Waals surface area contributed by atoms with E-state index in [0.717, 1.165) is 32.8 Å². The van der Waals surface area contributed by atoms with Crippen molar-refractivity contribution < 1.29 is 9.47 Å². The summed E-state index contributed by atoms with van der Waals surface area (Å²) in [5.74, 6) is 0. The van der Waals surface area contributed by atoms with E-state index in [9.17, 15) is 0 Å². The Bertz CT molecular complexity index is 86.5. The van der Waals surface area contributed by atoms with E-state index in [4.69, 9.17) is 9.47 Å². The second kappa shape index (κ2) is 6.85. The molecule has 0 unspecified atom stereocenters. The zero-order valence-electron chi connectivity index (χ0n) is 6.84. The quantitative estimate of drug-likeness (QED) is 0.685. The van der Waals surface area contributed by atoms with Gasteiger partial charge < -0.3 is 14.8 Å². The molecule has 1 aliphatic rings. The highest BCUT2D eigenvalue weighted by atomic mass is 35.5. The van der Waals surface area contributed by atoms with E-state index in [1.54, 1.807) is 7.11 Å². The normalized spacial score (nSPS) is 24.3. The van der Waals surface area contributed by atoms with E-state index in [-0.39, 0.29) is 12.4 Å². The zero-order chi connectivity index (χ0) is 7.23. The van der Waals surface area contributed by atoms with Crippen molar-refractivity contribution in [2.75, 3.05) is 33.5 Å². The molecule has 1 rings (SSSR count). The molecule has 1 N–H and O–H groups in total. The Labute approximate surface area is 73.9 Å². The maximum atomic E-state index is 5.26. The van der Waals surface area contributed by atoms with Crippen LogP contribution in [0.2, 0.25) is 0 Å². The summed E-state index contributed by atoms with van der Waals surface area (Å²) in [5.41, 5.74) is 0. The molecular weight excluding hydrogens is 166 g/mol. The highest BCUT2D eigenvalue weighted by Crippen LogP contribution is 1.97. The summed E-state index contributed by atoms with van der Waals surface area (Å²) in [6, 6.07) is 0.508. The molecule has 0 aromatic carbocycles. The van der Waals surface area contributed by atoms with Crippen LogP contribution in [-0.2, 0) is 9.47 Å². The van der Waals surface area contributed by atoms with E-state index in [2.05, 4.69) is 5.32 Å². The second-order valence-corrected chi connectivity index (χ2v) is 2.51. The molecule has 68 valence electrons. The van der Waals surface area contributed by atoms with Crippen molar-refractivity contribution in [1.82, 2.24) is 5.32 Å². The number of hydrogen-bond donors (Lipinski definition) is 1. The van der Waals surface area contributed by atoms with Crippen molar-refractivity contribution in [2.24, 2.45) is 0 Å². The van der Waals surface area contributed by atoms with Gasteiger partial charge in [0.15, 0.2) is 0 Å². The molecule has 1 aliphatic heterocycles. The minimum atomic E-state index is 0. The van der Waals surface area contributed by atoms with Gasteiger partial charge in [0, 0.05) is 26.3 Å². The molecule has 1 heterocycles. The Morgan fingerprint density at radius 1 is 1.64 bits per heavy atom. The lowest BCUT2D eigenvalue weighted by Crippen LogP contribution is -2.41. The number of nitrogens with one attached hydrogen (secondary N) is 1. The Kier molecular flexibility index (Phi) is 6.96. The molecule has 0 aliphatic carbocycles. The molecular formula is C7H16ClNO2. The topological polar surface area (TPSA) is 30.5 Å². The van der Waals surface area contributed by atoms with Crippen LogP contribution in [0.4, 0.5) is 0 Å². The van der Waals surface area contributed by atoms with Crippen molar-refractivity contribution in [1.29, 1.82) is 0 Å². The van der Waals surface area contributed by atoms with Crippen molar-refractivity contribution in [2.45, 2.75) is 12.5 Å². The van der Waals surface area contributed by atoms with Crippen LogP contribution < -0.4 is 5.32 Å². The fourth-order valence-corrected chi connectivity index (χ4v) is 1.07. The molecule has 1 saturated heterocycles. The van der Waals surface area contributed by atoms with Crippen molar-refractivity contribution in [3.63, 3.8) is 0 Å². The lowest BCUT2D eigenvalue weighted by atomic mass is 10.2. The number of ether oxygens (including phenoxy) is 2.